The Hall–Kier alpha value is -3.95. The summed E-state index contributed by atoms with van der Waals surface area (Å²) in [6.07, 6.45) is 0. The molecule has 9 heteroatoms. The summed E-state index contributed by atoms with van der Waals surface area (Å²) in [6.45, 7) is 3.60. The second kappa shape index (κ2) is 8.54. The van der Waals surface area contributed by atoms with Crippen molar-refractivity contribution in [3.63, 3.8) is 0 Å². The molecule has 0 bridgehead atoms. The Labute approximate surface area is 219 Å². The number of aliphatic hydroxyl groups is 3. The van der Waals surface area contributed by atoms with E-state index in [1.807, 2.05) is 43.3 Å². The molecule has 0 spiro atoms. The largest absolute Gasteiger partial charge is 0.508 e. The second-order valence-corrected chi connectivity index (χ2v) is 10.7. The Morgan fingerprint density at radius 2 is 1.63 bits per heavy atom. The minimum absolute atomic E-state index is 0.0701. The van der Waals surface area contributed by atoms with E-state index in [-0.39, 0.29) is 16.9 Å². The number of nitrogens with zero attached hydrogens (tertiary/aromatic N) is 1. The summed E-state index contributed by atoms with van der Waals surface area (Å²) < 4.78 is 0. The third-order valence-electron chi connectivity index (χ3n) is 8.57. The van der Waals surface area contributed by atoms with Gasteiger partial charge in [0.15, 0.2) is 11.4 Å². The molecule has 0 aliphatic heterocycles. The molecule has 9 nitrogen and oxygen atoms in total. The molecule has 1 amide bonds. The van der Waals surface area contributed by atoms with E-state index in [1.54, 1.807) is 21.0 Å². The number of primary amides is 1. The number of phenols is 1. The minimum Gasteiger partial charge on any atom is -0.508 e. The zero-order valence-corrected chi connectivity index (χ0v) is 21.5. The number of rotatable bonds is 3. The number of nitrogens with two attached hydrogens (primary N) is 1. The summed E-state index contributed by atoms with van der Waals surface area (Å²) in [5, 5.41) is 45.3. The Kier molecular flexibility index (Phi) is 5.77. The monoisotopic (exact) mass is 518 g/mol. The van der Waals surface area contributed by atoms with Gasteiger partial charge in [-0.25, -0.2) is 0 Å². The highest BCUT2D eigenvalue weighted by Crippen LogP contribution is 2.58. The standard InChI is InChI=1S/C29H30N2O7/c1-12-16-10-15(14-8-6-5-7-9-14)11-17(32)19(16)24(33)20-18(12)13(2)22-23(31(3)4)25(34)21(28(30)37)27(36)29(22,38)26(20)35/h5-13,18,22-23,32-33,36,38H,1-4H3,(H2,30,37)/t12-,13-,18-,22-,23-,29-/m0/s1. The lowest BCUT2D eigenvalue weighted by molar-refractivity contribution is -0.160. The molecule has 198 valence electrons. The molecular formula is C29H30N2O7. The van der Waals surface area contributed by atoms with Gasteiger partial charge >= 0.3 is 0 Å². The van der Waals surface area contributed by atoms with E-state index in [2.05, 4.69) is 0 Å². The topological polar surface area (TPSA) is 161 Å². The lowest BCUT2D eigenvalue weighted by atomic mass is 9.51. The average Bonchev–Trinajstić information content (AvgIpc) is 2.86. The molecule has 6 N–H and O–H groups in total. The van der Waals surface area contributed by atoms with Crippen molar-refractivity contribution < 1.29 is 34.8 Å². The third kappa shape index (κ3) is 3.21. The molecule has 1 saturated carbocycles. The van der Waals surface area contributed by atoms with Crippen LogP contribution < -0.4 is 5.73 Å². The molecule has 1 fully saturated rings. The lowest BCUT2D eigenvalue weighted by Crippen LogP contribution is -2.68. The summed E-state index contributed by atoms with van der Waals surface area (Å²) in [4.78, 5) is 41.0. The molecule has 0 unspecified atom stereocenters. The zero-order chi connectivity index (χ0) is 27.8. The quantitative estimate of drug-likeness (QED) is 0.387. The molecule has 0 aromatic heterocycles. The van der Waals surface area contributed by atoms with Crippen molar-refractivity contribution in [1.29, 1.82) is 0 Å². The number of ketones is 2. The van der Waals surface area contributed by atoms with E-state index in [1.165, 1.54) is 11.0 Å². The number of likely N-dealkylation sites (N-methyl/N-ethyl adjacent to an activating group) is 1. The van der Waals surface area contributed by atoms with E-state index in [0.29, 0.717) is 5.56 Å². The minimum atomic E-state index is -2.68. The van der Waals surface area contributed by atoms with Crippen molar-refractivity contribution in [2.75, 3.05) is 14.1 Å². The van der Waals surface area contributed by atoms with Gasteiger partial charge in [0.2, 0.25) is 5.78 Å². The highest BCUT2D eigenvalue weighted by Gasteiger charge is 2.67. The highest BCUT2D eigenvalue weighted by molar-refractivity contribution is 6.24. The van der Waals surface area contributed by atoms with Gasteiger partial charge in [0, 0.05) is 17.4 Å². The van der Waals surface area contributed by atoms with Crippen LogP contribution in [0.1, 0.15) is 30.9 Å². The van der Waals surface area contributed by atoms with Gasteiger partial charge in [0.25, 0.3) is 5.91 Å². The smallest absolute Gasteiger partial charge is 0.255 e. The number of carbonyl (C=O) groups excluding carboxylic acids is 3. The molecule has 5 rings (SSSR count). The molecule has 2 aromatic carbocycles. The lowest BCUT2D eigenvalue weighted by Gasteiger charge is -2.54. The van der Waals surface area contributed by atoms with Crippen molar-refractivity contribution in [3.8, 4) is 16.9 Å². The maximum Gasteiger partial charge on any atom is 0.255 e. The van der Waals surface area contributed by atoms with Gasteiger partial charge in [0.05, 0.1) is 11.6 Å². The Balaban J connectivity index is 1.78. The average molecular weight is 519 g/mol. The Bertz CT molecular complexity index is 1460. The number of fused-ring (bicyclic) bond motifs is 3. The number of benzene rings is 2. The maximum absolute atomic E-state index is 14.1. The highest BCUT2D eigenvalue weighted by atomic mass is 16.3. The molecule has 3 aliphatic rings. The second-order valence-electron chi connectivity index (χ2n) is 10.7. The SMILES string of the molecule is C[C@H]1[C@H]2C(=C(O)c3c(O)cc(-c4ccccc4)cc3[C@@H]2C)C(=O)[C@]2(O)C(O)=C(C(N)=O)C(=O)[C@@H](N(C)C)[C@H]12. The summed E-state index contributed by atoms with van der Waals surface area (Å²) in [7, 11) is 3.15. The van der Waals surface area contributed by atoms with Gasteiger partial charge < -0.3 is 26.2 Å². The van der Waals surface area contributed by atoms with Crippen LogP contribution in [0.2, 0.25) is 0 Å². The van der Waals surface area contributed by atoms with E-state index in [0.717, 1.165) is 11.1 Å². The zero-order valence-electron chi connectivity index (χ0n) is 21.5. The molecular weight excluding hydrogens is 488 g/mol. The van der Waals surface area contributed by atoms with Gasteiger partial charge in [0.1, 0.15) is 22.8 Å². The number of hydrogen-bond acceptors (Lipinski definition) is 8. The van der Waals surface area contributed by atoms with Crippen LogP contribution in [0, 0.1) is 17.8 Å². The number of carbonyl (C=O) groups is 3. The number of aliphatic hydroxyl groups excluding tert-OH is 2. The van der Waals surface area contributed by atoms with Crippen LogP contribution in [-0.4, -0.2) is 68.5 Å². The Morgan fingerprint density at radius 1 is 1.00 bits per heavy atom. The first-order valence-corrected chi connectivity index (χ1v) is 12.4. The fourth-order valence-electron chi connectivity index (χ4n) is 6.93. The van der Waals surface area contributed by atoms with Crippen LogP contribution in [0.15, 0.2) is 59.4 Å². The van der Waals surface area contributed by atoms with Crippen LogP contribution in [0.25, 0.3) is 16.9 Å². The van der Waals surface area contributed by atoms with E-state index in [4.69, 9.17) is 5.73 Å². The van der Waals surface area contributed by atoms with Crippen molar-refractivity contribution >= 4 is 23.2 Å². The first-order valence-electron chi connectivity index (χ1n) is 12.4. The summed E-state index contributed by atoms with van der Waals surface area (Å²) >= 11 is 0. The molecule has 0 saturated heterocycles. The van der Waals surface area contributed by atoms with Crippen LogP contribution in [0.3, 0.4) is 0 Å². The van der Waals surface area contributed by atoms with Gasteiger partial charge in [-0.1, -0.05) is 44.2 Å². The van der Waals surface area contributed by atoms with Gasteiger partial charge in [-0.2, -0.15) is 0 Å². The van der Waals surface area contributed by atoms with Crippen molar-refractivity contribution in [3.05, 3.63) is 70.5 Å². The van der Waals surface area contributed by atoms with Crippen LogP contribution in [-0.2, 0) is 14.4 Å². The number of hydrogen-bond donors (Lipinski definition) is 5. The van der Waals surface area contributed by atoms with E-state index < -0.39 is 69.9 Å². The molecule has 38 heavy (non-hydrogen) atoms. The van der Waals surface area contributed by atoms with E-state index >= 15 is 0 Å². The predicted octanol–water partition coefficient (Wildman–Crippen LogP) is 2.44. The molecule has 0 radical (unpaired) electrons. The van der Waals surface area contributed by atoms with Gasteiger partial charge in [-0.3, -0.25) is 19.3 Å². The van der Waals surface area contributed by atoms with Gasteiger partial charge in [-0.15, -0.1) is 0 Å². The fraction of sp³-hybridized carbons (Fsp3) is 0.345. The molecule has 2 aromatic rings. The maximum atomic E-state index is 14.1. The normalized spacial score (nSPS) is 30.7. The van der Waals surface area contributed by atoms with Crippen molar-refractivity contribution in [2.45, 2.75) is 31.4 Å². The first kappa shape index (κ1) is 25.7. The first-order chi connectivity index (χ1) is 17.8. The van der Waals surface area contributed by atoms with Crippen molar-refractivity contribution in [2.24, 2.45) is 23.5 Å². The van der Waals surface area contributed by atoms with Crippen molar-refractivity contribution in [1.82, 2.24) is 4.90 Å². The summed E-state index contributed by atoms with van der Waals surface area (Å²) in [6, 6.07) is 11.6. The number of phenolic OH excluding ortho intramolecular Hbond substituents is 1. The number of aromatic hydroxyl groups is 1. The third-order valence-corrected chi connectivity index (χ3v) is 8.57. The predicted molar refractivity (Wildman–Crippen MR) is 139 cm³/mol. The van der Waals surface area contributed by atoms with Gasteiger partial charge in [-0.05, 0) is 54.8 Å². The number of amides is 1. The summed E-state index contributed by atoms with van der Waals surface area (Å²) in [5.41, 5.74) is 3.97. The fourth-order valence-corrected chi connectivity index (χ4v) is 6.93. The van der Waals surface area contributed by atoms with Crippen LogP contribution in [0.4, 0.5) is 0 Å². The molecule has 6 atom stereocenters. The van der Waals surface area contributed by atoms with E-state index in [9.17, 15) is 34.8 Å². The van der Waals surface area contributed by atoms with Crippen LogP contribution in [0.5, 0.6) is 5.75 Å². The summed E-state index contributed by atoms with van der Waals surface area (Å²) in [5.74, 6) is -7.77. The number of Topliss-reactive ketones (excluding diaryl/α,β-unsaturated/α-hetero) is 2. The Morgan fingerprint density at radius 3 is 2.21 bits per heavy atom. The molecule has 3 aliphatic carbocycles. The van der Waals surface area contributed by atoms with Crippen LogP contribution >= 0.6 is 0 Å². The molecule has 0 heterocycles.